The number of nitrogens with zero attached hydrogens (tertiary/aromatic N) is 2. The number of hydrogen-bond acceptors (Lipinski definition) is 4. The Morgan fingerprint density at radius 3 is 3.11 bits per heavy atom. The van der Waals surface area contributed by atoms with E-state index in [9.17, 15) is 4.79 Å². The van der Waals surface area contributed by atoms with Crippen LogP contribution in [-0.4, -0.2) is 54.9 Å². The lowest BCUT2D eigenvalue weighted by molar-refractivity contribution is 0.0372. The lowest BCUT2D eigenvalue weighted by atomic mass is 9.84. The van der Waals surface area contributed by atoms with Crippen molar-refractivity contribution in [2.24, 2.45) is 5.92 Å². The maximum absolute atomic E-state index is 12.1. The number of likely N-dealkylation sites (tertiary alicyclic amines) is 2. The van der Waals surface area contributed by atoms with Gasteiger partial charge < -0.3 is 9.32 Å². The summed E-state index contributed by atoms with van der Waals surface area (Å²) in [4.78, 5) is 16.8. The quantitative estimate of drug-likeness (QED) is 0.779. The molecule has 1 aromatic rings. The molecule has 2 atom stereocenters. The first-order valence-electron chi connectivity index (χ1n) is 7.23. The van der Waals surface area contributed by atoms with E-state index in [1.165, 1.54) is 25.8 Å². The van der Waals surface area contributed by atoms with Crippen molar-refractivity contribution in [1.29, 1.82) is 0 Å². The van der Waals surface area contributed by atoms with Crippen molar-refractivity contribution in [2.75, 3.05) is 33.2 Å². The van der Waals surface area contributed by atoms with E-state index in [0.717, 1.165) is 25.0 Å². The number of rotatable bonds is 3. The van der Waals surface area contributed by atoms with Crippen LogP contribution in [0.25, 0.3) is 0 Å². The fourth-order valence-electron chi connectivity index (χ4n) is 3.59. The average molecular weight is 262 g/mol. The Morgan fingerprint density at radius 1 is 1.42 bits per heavy atom. The highest BCUT2D eigenvalue weighted by Gasteiger charge is 2.34. The Bertz CT molecular complexity index is 429. The molecule has 0 bridgehead atoms. The second kappa shape index (κ2) is 5.47. The number of hydrogen-bond donors (Lipinski definition) is 0. The van der Waals surface area contributed by atoms with Gasteiger partial charge >= 0.3 is 0 Å². The van der Waals surface area contributed by atoms with Gasteiger partial charge in [-0.2, -0.15) is 0 Å². The van der Waals surface area contributed by atoms with Crippen LogP contribution < -0.4 is 0 Å². The van der Waals surface area contributed by atoms with Gasteiger partial charge in [0, 0.05) is 19.1 Å². The zero-order chi connectivity index (χ0) is 13.2. The first-order chi connectivity index (χ1) is 9.24. The normalized spacial score (nSPS) is 29.1. The maximum Gasteiger partial charge on any atom is 0.211 e. The molecule has 0 N–H and O–H groups in total. The van der Waals surface area contributed by atoms with Gasteiger partial charge in [-0.3, -0.25) is 9.69 Å². The minimum absolute atomic E-state index is 0.104. The number of piperidine rings is 2. The molecule has 0 aromatic carbocycles. The number of ketones is 1. The first-order valence-corrected chi connectivity index (χ1v) is 7.23. The number of Topliss-reactive ketones (excluding diaryl/α,β-unsaturated/α-hetero) is 1. The number of carbonyl (C=O) groups is 1. The van der Waals surface area contributed by atoms with Crippen molar-refractivity contribution in [2.45, 2.75) is 25.3 Å². The summed E-state index contributed by atoms with van der Waals surface area (Å²) in [6.45, 7) is 3.81. The average Bonchev–Trinajstić information content (AvgIpc) is 2.93. The van der Waals surface area contributed by atoms with E-state index in [1.807, 2.05) is 0 Å². The summed E-state index contributed by atoms with van der Waals surface area (Å²) in [6.07, 6.45) is 5.35. The smallest absolute Gasteiger partial charge is 0.211 e. The second-order valence-corrected chi connectivity index (χ2v) is 5.87. The first kappa shape index (κ1) is 12.9. The molecule has 4 heteroatoms. The summed E-state index contributed by atoms with van der Waals surface area (Å²) in [6, 6.07) is 4.25. The molecule has 0 saturated carbocycles. The van der Waals surface area contributed by atoms with E-state index in [2.05, 4.69) is 16.8 Å². The van der Waals surface area contributed by atoms with Gasteiger partial charge in [-0.15, -0.1) is 0 Å². The molecule has 104 valence electrons. The molecule has 0 amide bonds. The summed E-state index contributed by atoms with van der Waals surface area (Å²) in [5.41, 5.74) is 0. The van der Waals surface area contributed by atoms with Gasteiger partial charge in [0.1, 0.15) is 0 Å². The van der Waals surface area contributed by atoms with Gasteiger partial charge in [0.2, 0.25) is 5.78 Å². The van der Waals surface area contributed by atoms with Gasteiger partial charge in [0.25, 0.3) is 0 Å². The molecule has 3 rings (SSSR count). The van der Waals surface area contributed by atoms with Crippen LogP contribution in [0.5, 0.6) is 0 Å². The molecule has 3 heterocycles. The number of furan rings is 1. The third-order valence-electron chi connectivity index (χ3n) is 4.59. The monoisotopic (exact) mass is 262 g/mol. The van der Waals surface area contributed by atoms with Crippen molar-refractivity contribution in [3.8, 4) is 0 Å². The number of fused-ring (bicyclic) bond motifs is 1. The fraction of sp³-hybridized carbons (Fsp3) is 0.667. The minimum atomic E-state index is 0.104. The Labute approximate surface area is 114 Å². The number of carbonyl (C=O) groups excluding carboxylic acids is 1. The molecule has 2 saturated heterocycles. The van der Waals surface area contributed by atoms with Gasteiger partial charge in [-0.05, 0) is 50.9 Å². The topological polar surface area (TPSA) is 36.7 Å². The Hall–Kier alpha value is -1.13. The zero-order valence-corrected chi connectivity index (χ0v) is 11.5. The Balaban J connectivity index is 1.58. The van der Waals surface area contributed by atoms with Gasteiger partial charge in [-0.25, -0.2) is 0 Å². The highest BCUT2D eigenvalue weighted by Crippen LogP contribution is 2.29. The third kappa shape index (κ3) is 2.74. The molecule has 4 nitrogen and oxygen atoms in total. The van der Waals surface area contributed by atoms with Crippen LogP contribution in [0.1, 0.15) is 29.8 Å². The minimum Gasteiger partial charge on any atom is -0.461 e. The van der Waals surface area contributed by atoms with Crippen LogP contribution >= 0.6 is 0 Å². The van der Waals surface area contributed by atoms with Gasteiger partial charge in [0.05, 0.1) is 12.8 Å². The second-order valence-electron chi connectivity index (χ2n) is 5.87. The van der Waals surface area contributed by atoms with E-state index in [1.54, 1.807) is 18.4 Å². The summed E-state index contributed by atoms with van der Waals surface area (Å²) in [5, 5.41) is 0. The molecule has 0 spiro atoms. The molecule has 2 aliphatic heterocycles. The van der Waals surface area contributed by atoms with Crippen LogP contribution in [0, 0.1) is 5.92 Å². The highest BCUT2D eigenvalue weighted by atomic mass is 16.3. The zero-order valence-electron chi connectivity index (χ0n) is 11.5. The van der Waals surface area contributed by atoms with Crippen LogP contribution in [0.4, 0.5) is 0 Å². The third-order valence-corrected chi connectivity index (χ3v) is 4.59. The summed E-state index contributed by atoms with van der Waals surface area (Å²) in [7, 11) is 2.24. The molecule has 2 fully saturated rings. The molecule has 0 radical (unpaired) electrons. The maximum atomic E-state index is 12.1. The van der Waals surface area contributed by atoms with Gasteiger partial charge in [0.15, 0.2) is 5.76 Å². The van der Waals surface area contributed by atoms with E-state index >= 15 is 0 Å². The highest BCUT2D eigenvalue weighted by molar-refractivity contribution is 5.94. The van der Waals surface area contributed by atoms with Crippen LogP contribution in [0.3, 0.4) is 0 Å². The molecular weight excluding hydrogens is 240 g/mol. The van der Waals surface area contributed by atoms with E-state index < -0.39 is 0 Å². The van der Waals surface area contributed by atoms with Crippen molar-refractivity contribution in [3.63, 3.8) is 0 Å². The Kier molecular flexibility index (Phi) is 3.71. The standard InChI is InChI=1S/C15H22N2O2/c1-16-7-2-4-12-10-17(8-6-13(12)16)11-14(18)15-5-3-9-19-15/h3,5,9,12-13H,2,4,6-8,10-11H2,1H3. The molecule has 2 unspecified atom stereocenters. The fourth-order valence-corrected chi connectivity index (χ4v) is 3.59. The van der Waals surface area contributed by atoms with E-state index in [0.29, 0.717) is 12.3 Å². The van der Waals surface area contributed by atoms with Crippen LogP contribution in [0.15, 0.2) is 22.8 Å². The van der Waals surface area contributed by atoms with Crippen LogP contribution in [-0.2, 0) is 0 Å². The van der Waals surface area contributed by atoms with Crippen molar-refractivity contribution in [3.05, 3.63) is 24.2 Å². The summed E-state index contributed by atoms with van der Waals surface area (Å²) < 4.78 is 5.18. The summed E-state index contributed by atoms with van der Waals surface area (Å²) >= 11 is 0. The van der Waals surface area contributed by atoms with E-state index in [4.69, 9.17) is 4.42 Å². The molecule has 0 aliphatic carbocycles. The summed E-state index contributed by atoms with van der Waals surface area (Å²) in [5.74, 6) is 1.33. The predicted molar refractivity (Wildman–Crippen MR) is 73.2 cm³/mol. The van der Waals surface area contributed by atoms with Crippen LogP contribution in [0.2, 0.25) is 0 Å². The molecular formula is C15H22N2O2. The SMILES string of the molecule is CN1CCCC2CN(CC(=O)c3ccco3)CCC21. The molecule has 19 heavy (non-hydrogen) atoms. The molecule has 1 aromatic heterocycles. The van der Waals surface area contributed by atoms with Crippen molar-refractivity contribution in [1.82, 2.24) is 9.80 Å². The molecule has 2 aliphatic rings. The van der Waals surface area contributed by atoms with Gasteiger partial charge in [-0.1, -0.05) is 0 Å². The largest absolute Gasteiger partial charge is 0.461 e. The lowest BCUT2D eigenvalue weighted by Crippen LogP contribution is -2.53. The van der Waals surface area contributed by atoms with Crippen molar-refractivity contribution < 1.29 is 9.21 Å². The van der Waals surface area contributed by atoms with Crippen molar-refractivity contribution >= 4 is 5.78 Å². The Morgan fingerprint density at radius 2 is 2.32 bits per heavy atom. The lowest BCUT2D eigenvalue weighted by Gasteiger charge is -2.45. The van der Waals surface area contributed by atoms with E-state index in [-0.39, 0.29) is 5.78 Å². The predicted octanol–water partition coefficient (Wildman–Crippen LogP) is 1.88.